The molecule has 3 aliphatic rings. The second-order valence-corrected chi connectivity index (χ2v) is 27.9. The molecule has 1 aromatic heterocycles. The fourth-order valence-electron chi connectivity index (χ4n) is 13.2. The summed E-state index contributed by atoms with van der Waals surface area (Å²) >= 11 is 0. The van der Waals surface area contributed by atoms with Gasteiger partial charge in [-0.2, -0.15) is 0 Å². The van der Waals surface area contributed by atoms with Gasteiger partial charge < -0.3 is 19.1 Å². The van der Waals surface area contributed by atoms with Gasteiger partial charge >= 0.3 is 0 Å². The number of anilines is 9. The molecule has 0 bridgehead atoms. The number of rotatable bonds is 5. The zero-order valence-electron chi connectivity index (χ0n) is 48.0. The highest BCUT2D eigenvalue weighted by molar-refractivity contribution is 7.00. The standard InChI is InChI=1S/C71H76BN3O/c1-66(2,3)46-22-29-50(30-23-46)74-59-35-26-49(69(10,11)12)39-58(59)72-63-60(74)41-54(73(52-28-21-44-19-17-18-20-45(44)37-52)53-33-34-56-57(40-53)71(15,16)43-70(56,13)14)42-61(63)75(51-31-24-47(25-32-51)67(4,5)6)64-55-38-48(68(7,8)9)27-36-62(55)76-65(64)72/h17-42H,43H2,1-16H3. The molecule has 0 atom stereocenters. The average Bonchev–Trinajstić information content (AvgIpc) is 3.87. The van der Waals surface area contributed by atoms with Crippen LogP contribution in [0.4, 0.5) is 51.2 Å². The summed E-state index contributed by atoms with van der Waals surface area (Å²) in [5, 5.41) is 3.56. The van der Waals surface area contributed by atoms with Gasteiger partial charge in [0.05, 0.1) is 17.0 Å². The maximum Gasteiger partial charge on any atom is 0.297 e. The molecule has 8 aromatic carbocycles. The van der Waals surface area contributed by atoms with Crippen molar-refractivity contribution in [3.05, 3.63) is 191 Å². The van der Waals surface area contributed by atoms with Gasteiger partial charge in [-0.05, 0) is 173 Å². The maximum atomic E-state index is 7.48. The Morgan fingerprint density at radius 1 is 0.447 bits per heavy atom. The number of hydrogen-bond acceptors (Lipinski definition) is 4. The third-order valence-corrected chi connectivity index (χ3v) is 17.2. The van der Waals surface area contributed by atoms with Gasteiger partial charge in [-0.25, -0.2) is 0 Å². The number of hydrogen-bond donors (Lipinski definition) is 0. The zero-order chi connectivity index (χ0) is 53.8. The summed E-state index contributed by atoms with van der Waals surface area (Å²) in [6.07, 6.45) is 1.10. The van der Waals surface area contributed by atoms with Gasteiger partial charge in [0.1, 0.15) is 5.58 Å². The molecule has 0 saturated carbocycles. The molecule has 384 valence electrons. The van der Waals surface area contributed by atoms with Crippen LogP contribution < -0.4 is 31.3 Å². The van der Waals surface area contributed by atoms with Gasteiger partial charge in [-0.3, -0.25) is 0 Å². The Morgan fingerprint density at radius 3 is 1.58 bits per heavy atom. The minimum Gasteiger partial charge on any atom is -0.468 e. The fraction of sp³-hybridized carbons (Fsp3) is 0.324. The van der Waals surface area contributed by atoms with Gasteiger partial charge in [0.25, 0.3) is 6.71 Å². The second kappa shape index (κ2) is 16.8. The van der Waals surface area contributed by atoms with Crippen LogP contribution in [-0.2, 0) is 32.5 Å². The van der Waals surface area contributed by atoms with Crippen LogP contribution in [0.15, 0.2) is 162 Å². The average molecular weight is 998 g/mol. The molecule has 0 radical (unpaired) electrons. The first kappa shape index (κ1) is 49.9. The first-order valence-electron chi connectivity index (χ1n) is 27.8. The predicted molar refractivity (Wildman–Crippen MR) is 328 cm³/mol. The first-order chi connectivity index (χ1) is 35.7. The molecule has 0 spiro atoms. The van der Waals surface area contributed by atoms with Crippen molar-refractivity contribution in [3.8, 4) is 0 Å². The summed E-state index contributed by atoms with van der Waals surface area (Å²) in [4.78, 5) is 7.66. The highest BCUT2D eigenvalue weighted by atomic mass is 16.3. The summed E-state index contributed by atoms with van der Waals surface area (Å²) in [5.74, 6) is 0. The molecule has 2 aliphatic heterocycles. The van der Waals surface area contributed by atoms with Crippen LogP contribution >= 0.6 is 0 Å². The lowest BCUT2D eigenvalue weighted by atomic mass is 9.35. The molecular weight excluding hydrogens is 922 g/mol. The molecule has 9 aromatic rings. The van der Waals surface area contributed by atoms with E-state index >= 15 is 0 Å². The van der Waals surface area contributed by atoms with Crippen LogP contribution in [-0.4, -0.2) is 6.71 Å². The highest BCUT2D eigenvalue weighted by Crippen LogP contribution is 2.54. The monoisotopic (exact) mass is 998 g/mol. The molecule has 5 heteroatoms. The van der Waals surface area contributed by atoms with Crippen molar-refractivity contribution in [1.29, 1.82) is 0 Å². The highest BCUT2D eigenvalue weighted by Gasteiger charge is 2.48. The molecular formula is C71H76BN3O. The summed E-state index contributed by atoms with van der Waals surface area (Å²) in [7, 11) is 0. The zero-order valence-corrected chi connectivity index (χ0v) is 48.0. The smallest absolute Gasteiger partial charge is 0.297 e. The fourth-order valence-corrected chi connectivity index (χ4v) is 13.2. The quantitative estimate of drug-likeness (QED) is 0.160. The van der Waals surface area contributed by atoms with Crippen molar-refractivity contribution in [2.24, 2.45) is 0 Å². The third kappa shape index (κ3) is 8.09. The van der Waals surface area contributed by atoms with Crippen LogP contribution in [0.25, 0.3) is 21.7 Å². The molecule has 0 unspecified atom stereocenters. The van der Waals surface area contributed by atoms with Gasteiger partial charge in [0.15, 0.2) is 0 Å². The van der Waals surface area contributed by atoms with Crippen LogP contribution in [0.2, 0.25) is 0 Å². The normalized spacial score (nSPS) is 15.7. The number of nitrogens with zero attached hydrogens (tertiary/aromatic N) is 3. The molecule has 4 nitrogen and oxygen atoms in total. The predicted octanol–water partition coefficient (Wildman–Crippen LogP) is 18.3. The van der Waals surface area contributed by atoms with E-state index in [2.05, 4.69) is 283 Å². The molecule has 3 heterocycles. The first-order valence-corrected chi connectivity index (χ1v) is 27.8. The van der Waals surface area contributed by atoms with E-state index in [-0.39, 0.29) is 39.2 Å². The third-order valence-electron chi connectivity index (χ3n) is 17.2. The van der Waals surface area contributed by atoms with E-state index in [1.165, 1.54) is 60.8 Å². The Hall–Kier alpha value is -6.98. The van der Waals surface area contributed by atoms with Crippen LogP contribution in [0.3, 0.4) is 0 Å². The molecule has 76 heavy (non-hydrogen) atoms. The molecule has 0 fully saturated rings. The lowest BCUT2D eigenvalue weighted by molar-refractivity contribution is 0.403. The number of furan rings is 1. The summed E-state index contributed by atoms with van der Waals surface area (Å²) in [6, 6.07) is 61.0. The minimum atomic E-state index is -0.204. The summed E-state index contributed by atoms with van der Waals surface area (Å²) < 4.78 is 7.48. The largest absolute Gasteiger partial charge is 0.468 e. The lowest BCUT2D eigenvalue weighted by Gasteiger charge is -2.44. The van der Waals surface area contributed by atoms with Gasteiger partial charge in [0.2, 0.25) is 0 Å². The van der Waals surface area contributed by atoms with E-state index in [0.29, 0.717) is 0 Å². The van der Waals surface area contributed by atoms with Gasteiger partial charge in [-0.1, -0.05) is 190 Å². The Kier molecular flexibility index (Phi) is 11.0. The van der Waals surface area contributed by atoms with Gasteiger partial charge in [-0.15, -0.1) is 0 Å². The van der Waals surface area contributed by atoms with Crippen LogP contribution in [0.5, 0.6) is 0 Å². The Morgan fingerprint density at radius 2 is 0.961 bits per heavy atom. The molecule has 0 N–H and O–H groups in total. The van der Waals surface area contributed by atoms with E-state index in [1.54, 1.807) is 0 Å². The van der Waals surface area contributed by atoms with Crippen molar-refractivity contribution in [2.75, 3.05) is 14.7 Å². The Labute approximate surface area is 453 Å². The Bertz CT molecular complexity index is 3790. The van der Waals surface area contributed by atoms with E-state index in [4.69, 9.17) is 4.42 Å². The minimum absolute atomic E-state index is 0.00227. The molecule has 1 aliphatic carbocycles. The van der Waals surface area contributed by atoms with E-state index < -0.39 is 0 Å². The van der Waals surface area contributed by atoms with E-state index in [9.17, 15) is 0 Å². The second-order valence-electron chi connectivity index (χ2n) is 27.9. The Balaban J connectivity index is 1.23. The summed E-state index contributed by atoms with van der Waals surface area (Å²) in [6.45, 7) is 37.2. The maximum absolute atomic E-state index is 7.48. The van der Waals surface area contributed by atoms with Crippen molar-refractivity contribution >= 4 is 96.2 Å². The molecule has 0 saturated heterocycles. The van der Waals surface area contributed by atoms with Crippen LogP contribution in [0.1, 0.15) is 151 Å². The van der Waals surface area contributed by atoms with E-state index in [0.717, 1.165) is 68.5 Å². The van der Waals surface area contributed by atoms with Gasteiger partial charge in [0, 0.05) is 45.2 Å². The van der Waals surface area contributed by atoms with Crippen molar-refractivity contribution in [2.45, 2.75) is 150 Å². The SMILES string of the molecule is CC(C)(C)c1ccc(N2c3ccc(C(C)(C)C)cc3B3c4oc5ccc(C(C)(C)C)cc5c4N(c4ccc(C(C)(C)C)cc4)c4cc(N(c5ccc6c(c5)C(C)(C)CC6(C)C)c5ccc6ccccc6c5)cc2c43)cc1. The number of benzene rings is 8. The molecule has 12 rings (SSSR count). The molecule has 0 amide bonds. The topological polar surface area (TPSA) is 22.9 Å². The lowest BCUT2D eigenvalue weighted by Crippen LogP contribution is -2.61. The summed E-state index contributed by atoms with van der Waals surface area (Å²) in [5.41, 5.74) is 22.5. The van der Waals surface area contributed by atoms with Crippen LogP contribution in [0, 0.1) is 0 Å². The van der Waals surface area contributed by atoms with Crippen molar-refractivity contribution in [1.82, 2.24) is 0 Å². The van der Waals surface area contributed by atoms with Crippen molar-refractivity contribution in [3.63, 3.8) is 0 Å². The van der Waals surface area contributed by atoms with Crippen molar-refractivity contribution < 1.29 is 4.42 Å². The number of fused-ring (bicyclic) bond motifs is 8. The van der Waals surface area contributed by atoms with E-state index in [1.807, 2.05) is 0 Å².